The first-order valence-electron chi connectivity index (χ1n) is 7.53. The van der Waals surface area contributed by atoms with Crippen LogP contribution in [0.1, 0.15) is 27.2 Å². The monoisotopic (exact) mass is 340 g/mol. The molecule has 1 heterocycles. The molecule has 0 unspecified atom stereocenters. The average Bonchev–Trinajstić information content (AvgIpc) is 2.97. The maximum Gasteiger partial charge on any atom is 0.356 e. The standard InChI is InChI=1S/C19H17ClN2O2/c1-11-4-6-14(8-13(11)3)18-21-16(19(23)24)10-22(18)17-9-15(20)7-5-12(17)2/h4-10H,1-3H3,(H,23,24). The lowest BCUT2D eigenvalue weighted by atomic mass is 10.1. The Morgan fingerprint density at radius 1 is 1.04 bits per heavy atom. The van der Waals surface area contributed by atoms with Crippen LogP contribution in [0.4, 0.5) is 0 Å². The Labute approximate surface area is 145 Å². The van der Waals surface area contributed by atoms with Gasteiger partial charge in [0.15, 0.2) is 5.69 Å². The molecule has 0 saturated carbocycles. The molecule has 4 nitrogen and oxygen atoms in total. The number of carboxylic acid groups (broad SMARTS) is 1. The second kappa shape index (κ2) is 6.13. The molecule has 1 aromatic heterocycles. The first-order valence-corrected chi connectivity index (χ1v) is 7.91. The van der Waals surface area contributed by atoms with Gasteiger partial charge in [-0.3, -0.25) is 4.57 Å². The van der Waals surface area contributed by atoms with Crippen molar-refractivity contribution in [1.82, 2.24) is 9.55 Å². The number of aromatic nitrogens is 2. The van der Waals surface area contributed by atoms with Crippen LogP contribution < -0.4 is 0 Å². The molecule has 0 atom stereocenters. The first kappa shape index (κ1) is 16.3. The molecule has 0 saturated heterocycles. The number of hydrogen-bond acceptors (Lipinski definition) is 2. The highest BCUT2D eigenvalue weighted by Crippen LogP contribution is 2.28. The van der Waals surface area contributed by atoms with Gasteiger partial charge in [0.25, 0.3) is 0 Å². The maximum atomic E-state index is 11.4. The number of rotatable bonds is 3. The summed E-state index contributed by atoms with van der Waals surface area (Å²) in [7, 11) is 0. The number of halogens is 1. The van der Waals surface area contributed by atoms with Crippen LogP contribution in [-0.4, -0.2) is 20.6 Å². The predicted octanol–water partition coefficient (Wildman–Crippen LogP) is 4.82. The molecule has 1 N–H and O–H groups in total. The van der Waals surface area contributed by atoms with Crippen molar-refractivity contribution in [2.45, 2.75) is 20.8 Å². The highest BCUT2D eigenvalue weighted by atomic mass is 35.5. The van der Waals surface area contributed by atoms with E-state index in [1.54, 1.807) is 4.57 Å². The molecular weight excluding hydrogens is 324 g/mol. The van der Waals surface area contributed by atoms with Gasteiger partial charge in [-0.1, -0.05) is 29.8 Å². The van der Waals surface area contributed by atoms with Gasteiger partial charge >= 0.3 is 5.97 Å². The quantitative estimate of drug-likeness (QED) is 0.744. The summed E-state index contributed by atoms with van der Waals surface area (Å²) in [6.07, 6.45) is 1.53. The van der Waals surface area contributed by atoms with Gasteiger partial charge < -0.3 is 5.11 Å². The van der Waals surface area contributed by atoms with Gasteiger partial charge in [-0.25, -0.2) is 9.78 Å². The molecule has 0 spiro atoms. The highest BCUT2D eigenvalue weighted by Gasteiger charge is 2.17. The van der Waals surface area contributed by atoms with Crippen LogP contribution in [0.5, 0.6) is 0 Å². The van der Waals surface area contributed by atoms with E-state index in [-0.39, 0.29) is 5.69 Å². The van der Waals surface area contributed by atoms with Crippen LogP contribution in [0.2, 0.25) is 5.02 Å². The molecular formula is C19H17ClN2O2. The van der Waals surface area contributed by atoms with E-state index >= 15 is 0 Å². The van der Waals surface area contributed by atoms with Crippen LogP contribution >= 0.6 is 11.6 Å². The second-order valence-corrected chi connectivity index (χ2v) is 6.29. The van der Waals surface area contributed by atoms with Crippen molar-refractivity contribution in [1.29, 1.82) is 0 Å². The van der Waals surface area contributed by atoms with E-state index in [1.807, 2.05) is 57.2 Å². The number of carboxylic acids is 1. The van der Waals surface area contributed by atoms with Crippen LogP contribution in [-0.2, 0) is 0 Å². The van der Waals surface area contributed by atoms with E-state index in [9.17, 15) is 9.90 Å². The predicted molar refractivity (Wildman–Crippen MR) is 95.2 cm³/mol. The summed E-state index contributed by atoms with van der Waals surface area (Å²) in [4.78, 5) is 15.7. The Morgan fingerprint density at radius 2 is 1.75 bits per heavy atom. The Kier molecular flexibility index (Phi) is 4.16. The van der Waals surface area contributed by atoms with Gasteiger partial charge in [0.2, 0.25) is 0 Å². The van der Waals surface area contributed by atoms with E-state index in [0.29, 0.717) is 10.8 Å². The molecule has 5 heteroatoms. The number of benzene rings is 2. The summed E-state index contributed by atoms with van der Waals surface area (Å²) in [6, 6.07) is 11.5. The van der Waals surface area contributed by atoms with Crippen molar-refractivity contribution in [2.24, 2.45) is 0 Å². The van der Waals surface area contributed by atoms with Gasteiger partial charge in [0.1, 0.15) is 5.82 Å². The third-order valence-corrected chi connectivity index (χ3v) is 4.36. The summed E-state index contributed by atoms with van der Waals surface area (Å²) in [5.41, 5.74) is 4.97. The Hall–Kier alpha value is -2.59. The summed E-state index contributed by atoms with van der Waals surface area (Å²) >= 11 is 6.13. The second-order valence-electron chi connectivity index (χ2n) is 5.85. The Bertz CT molecular complexity index is 945. The van der Waals surface area contributed by atoms with Crippen molar-refractivity contribution in [3.63, 3.8) is 0 Å². The SMILES string of the molecule is Cc1ccc(-c2nc(C(=O)O)cn2-c2cc(Cl)ccc2C)cc1C. The van der Waals surface area contributed by atoms with Crippen LogP contribution in [0.15, 0.2) is 42.6 Å². The molecule has 0 radical (unpaired) electrons. The lowest BCUT2D eigenvalue weighted by Gasteiger charge is -2.12. The van der Waals surface area contributed by atoms with Gasteiger partial charge in [-0.2, -0.15) is 0 Å². The number of nitrogens with zero attached hydrogens (tertiary/aromatic N) is 2. The summed E-state index contributed by atoms with van der Waals surface area (Å²) in [6.45, 7) is 6.01. The molecule has 0 aliphatic heterocycles. The minimum atomic E-state index is -1.06. The zero-order chi connectivity index (χ0) is 17.4. The maximum absolute atomic E-state index is 11.4. The average molecular weight is 341 g/mol. The Morgan fingerprint density at radius 3 is 2.42 bits per heavy atom. The van der Waals surface area contributed by atoms with Crippen molar-refractivity contribution in [3.05, 3.63) is 70.0 Å². The molecule has 24 heavy (non-hydrogen) atoms. The largest absolute Gasteiger partial charge is 0.476 e. The number of hydrogen-bond donors (Lipinski definition) is 1. The van der Waals surface area contributed by atoms with Crippen molar-refractivity contribution >= 4 is 17.6 Å². The van der Waals surface area contributed by atoms with Gasteiger partial charge in [-0.15, -0.1) is 0 Å². The zero-order valence-electron chi connectivity index (χ0n) is 13.7. The summed E-state index contributed by atoms with van der Waals surface area (Å²) < 4.78 is 1.79. The van der Waals surface area contributed by atoms with E-state index in [0.717, 1.165) is 22.4 Å². The lowest BCUT2D eigenvalue weighted by Crippen LogP contribution is -1.99. The molecule has 0 aliphatic carbocycles. The van der Waals surface area contributed by atoms with Gasteiger partial charge in [0, 0.05) is 16.8 Å². The minimum absolute atomic E-state index is 0.00241. The summed E-state index contributed by atoms with van der Waals surface area (Å²) in [5.74, 6) is -0.473. The fourth-order valence-electron chi connectivity index (χ4n) is 2.59. The number of aromatic carboxylic acids is 1. The highest BCUT2D eigenvalue weighted by molar-refractivity contribution is 6.30. The van der Waals surface area contributed by atoms with Gasteiger partial charge in [-0.05, 0) is 55.7 Å². The first-order chi connectivity index (χ1) is 11.4. The molecule has 0 bridgehead atoms. The molecule has 0 fully saturated rings. The third kappa shape index (κ3) is 2.93. The number of carbonyl (C=O) groups is 1. The fourth-order valence-corrected chi connectivity index (χ4v) is 2.76. The fraction of sp³-hybridized carbons (Fsp3) is 0.158. The van der Waals surface area contributed by atoms with E-state index in [2.05, 4.69) is 4.98 Å². The number of aryl methyl sites for hydroxylation is 3. The molecule has 3 aromatic rings. The van der Waals surface area contributed by atoms with Crippen molar-refractivity contribution in [2.75, 3.05) is 0 Å². The normalized spacial score (nSPS) is 10.8. The number of imidazole rings is 1. The minimum Gasteiger partial charge on any atom is -0.476 e. The summed E-state index contributed by atoms with van der Waals surface area (Å²) in [5, 5.41) is 9.93. The van der Waals surface area contributed by atoms with Crippen LogP contribution in [0.25, 0.3) is 17.1 Å². The molecule has 0 aliphatic rings. The van der Waals surface area contributed by atoms with Crippen LogP contribution in [0, 0.1) is 20.8 Å². The molecule has 122 valence electrons. The van der Waals surface area contributed by atoms with Crippen molar-refractivity contribution in [3.8, 4) is 17.1 Å². The molecule has 3 rings (SSSR count). The smallest absolute Gasteiger partial charge is 0.356 e. The molecule has 2 aromatic carbocycles. The van der Waals surface area contributed by atoms with E-state index in [1.165, 1.54) is 11.8 Å². The van der Waals surface area contributed by atoms with Crippen molar-refractivity contribution < 1.29 is 9.90 Å². The molecule has 0 amide bonds. The van der Waals surface area contributed by atoms with E-state index in [4.69, 9.17) is 11.6 Å². The van der Waals surface area contributed by atoms with Crippen LogP contribution in [0.3, 0.4) is 0 Å². The zero-order valence-corrected chi connectivity index (χ0v) is 14.4. The topological polar surface area (TPSA) is 55.1 Å². The van der Waals surface area contributed by atoms with Gasteiger partial charge in [0.05, 0.1) is 5.69 Å². The Balaban J connectivity index is 2.27. The van der Waals surface area contributed by atoms with E-state index < -0.39 is 5.97 Å². The third-order valence-electron chi connectivity index (χ3n) is 4.12. The lowest BCUT2D eigenvalue weighted by molar-refractivity contribution is 0.0691.